The van der Waals surface area contributed by atoms with Crippen molar-refractivity contribution >= 4 is 44.3 Å². The molecule has 0 saturated heterocycles. The van der Waals surface area contributed by atoms with E-state index in [0.29, 0.717) is 31.1 Å². The standard InChI is InChI=1S/C21H16BrN3O4S/c1-11-4-6-14(7-5-11)19-23-21-25(24-19)20(27)17(30-21)10-13-8-15(22)18(29-12(2)26)16(9-13)28-3/h4-10H,1-3H3/b17-10+. The van der Waals surface area contributed by atoms with Crippen molar-refractivity contribution in [1.29, 1.82) is 0 Å². The van der Waals surface area contributed by atoms with E-state index in [1.54, 1.807) is 18.2 Å². The Balaban J connectivity index is 1.76. The maximum atomic E-state index is 12.8. The van der Waals surface area contributed by atoms with Gasteiger partial charge >= 0.3 is 5.97 Å². The van der Waals surface area contributed by atoms with Gasteiger partial charge in [0.05, 0.1) is 16.1 Å². The quantitative estimate of drug-likeness (QED) is 0.325. The highest BCUT2D eigenvalue weighted by Crippen LogP contribution is 2.37. The van der Waals surface area contributed by atoms with E-state index in [9.17, 15) is 9.59 Å². The summed E-state index contributed by atoms with van der Waals surface area (Å²) in [6, 6.07) is 11.3. The molecular weight excluding hydrogens is 470 g/mol. The lowest BCUT2D eigenvalue weighted by Crippen LogP contribution is -2.23. The number of aromatic nitrogens is 3. The number of rotatable bonds is 4. The van der Waals surface area contributed by atoms with E-state index in [4.69, 9.17) is 9.47 Å². The highest BCUT2D eigenvalue weighted by Gasteiger charge is 2.15. The lowest BCUT2D eigenvalue weighted by atomic mass is 10.1. The predicted octanol–water partition coefficient (Wildman–Crippen LogP) is 3.37. The lowest BCUT2D eigenvalue weighted by Gasteiger charge is -2.10. The first kappa shape index (κ1) is 20.2. The fourth-order valence-corrected chi connectivity index (χ4v) is 4.32. The molecule has 0 bridgehead atoms. The van der Waals surface area contributed by atoms with E-state index in [0.717, 1.165) is 11.1 Å². The van der Waals surface area contributed by atoms with Gasteiger partial charge in [-0.2, -0.15) is 9.50 Å². The van der Waals surface area contributed by atoms with Gasteiger partial charge in [-0.3, -0.25) is 9.59 Å². The summed E-state index contributed by atoms with van der Waals surface area (Å²) in [7, 11) is 1.48. The van der Waals surface area contributed by atoms with Crippen molar-refractivity contribution in [2.45, 2.75) is 13.8 Å². The van der Waals surface area contributed by atoms with E-state index in [1.807, 2.05) is 31.2 Å². The molecule has 2 heterocycles. The molecule has 0 spiro atoms. The molecule has 0 saturated carbocycles. The maximum absolute atomic E-state index is 12.8. The van der Waals surface area contributed by atoms with Crippen LogP contribution in [0.1, 0.15) is 18.1 Å². The number of carbonyl (C=O) groups excluding carboxylic acids is 1. The van der Waals surface area contributed by atoms with Gasteiger partial charge in [-0.05, 0) is 46.6 Å². The van der Waals surface area contributed by atoms with Crippen molar-refractivity contribution in [2.75, 3.05) is 7.11 Å². The second-order valence-electron chi connectivity index (χ2n) is 6.54. The number of esters is 1. The van der Waals surface area contributed by atoms with Crippen LogP contribution in [-0.4, -0.2) is 27.7 Å². The van der Waals surface area contributed by atoms with Crippen LogP contribution in [0.25, 0.3) is 22.4 Å². The van der Waals surface area contributed by atoms with Gasteiger partial charge < -0.3 is 9.47 Å². The summed E-state index contributed by atoms with van der Waals surface area (Å²) >= 11 is 4.64. The Bertz CT molecular complexity index is 1380. The van der Waals surface area contributed by atoms with E-state index < -0.39 is 5.97 Å². The van der Waals surface area contributed by atoms with Crippen molar-refractivity contribution in [3.05, 3.63) is 66.9 Å². The Morgan fingerprint density at radius 1 is 1.23 bits per heavy atom. The van der Waals surface area contributed by atoms with Gasteiger partial charge in [-0.25, -0.2) is 0 Å². The van der Waals surface area contributed by atoms with Crippen LogP contribution in [0.3, 0.4) is 0 Å². The summed E-state index contributed by atoms with van der Waals surface area (Å²) in [4.78, 5) is 29.1. The molecule has 30 heavy (non-hydrogen) atoms. The van der Waals surface area contributed by atoms with Crippen LogP contribution in [0.5, 0.6) is 11.5 Å². The summed E-state index contributed by atoms with van der Waals surface area (Å²) in [6.07, 6.45) is 1.72. The molecule has 0 aliphatic carbocycles. The van der Waals surface area contributed by atoms with Crippen molar-refractivity contribution in [2.24, 2.45) is 0 Å². The molecule has 7 nitrogen and oxygen atoms in total. The summed E-state index contributed by atoms with van der Waals surface area (Å²) in [5, 5.41) is 4.36. The molecule has 0 aliphatic rings. The average molecular weight is 486 g/mol. The van der Waals surface area contributed by atoms with Crippen LogP contribution < -0.4 is 19.6 Å². The van der Waals surface area contributed by atoms with Gasteiger partial charge in [-0.15, -0.1) is 5.10 Å². The van der Waals surface area contributed by atoms with Crippen LogP contribution in [0, 0.1) is 6.92 Å². The molecule has 4 aromatic rings. The highest BCUT2D eigenvalue weighted by atomic mass is 79.9. The number of aryl methyl sites for hydroxylation is 1. The third-order valence-corrected chi connectivity index (χ3v) is 5.84. The van der Waals surface area contributed by atoms with Gasteiger partial charge in [-0.1, -0.05) is 41.2 Å². The number of hydrogen-bond donors (Lipinski definition) is 0. The molecule has 0 radical (unpaired) electrons. The second-order valence-corrected chi connectivity index (χ2v) is 8.40. The molecule has 0 aliphatic heterocycles. The third-order valence-electron chi connectivity index (χ3n) is 4.29. The minimum absolute atomic E-state index is 0.250. The molecule has 0 fully saturated rings. The van der Waals surface area contributed by atoms with Crippen LogP contribution in [-0.2, 0) is 4.79 Å². The Morgan fingerprint density at radius 2 is 1.97 bits per heavy atom. The van der Waals surface area contributed by atoms with Crippen LogP contribution >= 0.6 is 27.3 Å². The lowest BCUT2D eigenvalue weighted by molar-refractivity contribution is -0.132. The smallest absolute Gasteiger partial charge is 0.308 e. The first-order valence-corrected chi connectivity index (χ1v) is 10.5. The fraction of sp³-hybridized carbons (Fsp3) is 0.143. The highest BCUT2D eigenvalue weighted by molar-refractivity contribution is 9.10. The average Bonchev–Trinajstić information content (AvgIpc) is 3.24. The summed E-state index contributed by atoms with van der Waals surface area (Å²) in [5.74, 6) is 0.719. The predicted molar refractivity (Wildman–Crippen MR) is 118 cm³/mol. The number of nitrogens with zero attached hydrogens (tertiary/aromatic N) is 3. The Kier molecular flexibility index (Phi) is 5.40. The van der Waals surface area contributed by atoms with Crippen molar-refractivity contribution in [3.63, 3.8) is 0 Å². The minimum atomic E-state index is -0.456. The molecular formula is C21H16BrN3O4S. The fourth-order valence-electron chi connectivity index (χ4n) is 2.88. The number of fused-ring (bicyclic) bond motifs is 1. The molecule has 4 rings (SSSR count). The van der Waals surface area contributed by atoms with Gasteiger partial charge in [0.25, 0.3) is 5.56 Å². The molecule has 0 unspecified atom stereocenters. The van der Waals surface area contributed by atoms with Gasteiger partial charge in [0.1, 0.15) is 0 Å². The van der Waals surface area contributed by atoms with Crippen LogP contribution in [0.2, 0.25) is 0 Å². The molecule has 9 heteroatoms. The van der Waals surface area contributed by atoms with Gasteiger partial charge in [0.2, 0.25) is 4.96 Å². The molecule has 0 N–H and O–H groups in total. The van der Waals surface area contributed by atoms with Crippen molar-refractivity contribution < 1.29 is 14.3 Å². The molecule has 0 amide bonds. The SMILES string of the molecule is COc1cc(/C=c2/sc3nc(-c4ccc(C)cc4)nn3c2=O)cc(Br)c1OC(C)=O. The number of methoxy groups -OCH3 is 1. The van der Waals surface area contributed by atoms with E-state index in [1.165, 1.54) is 29.9 Å². The van der Waals surface area contributed by atoms with E-state index in [2.05, 4.69) is 26.0 Å². The molecule has 152 valence electrons. The van der Waals surface area contributed by atoms with Crippen LogP contribution in [0.15, 0.2) is 45.7 Å². The molecule has 2 aromatic carbocycles. The number of ether oxygens (including phenoxy) is 2. The second kappa shape index (κ2) is 8.00. The van der Waals surface area contributed by atoms with E-state index in [-0.39, 0.29) is 11.3 Å². The normalized spacial score (nSPS) is 11.8. The number of carbonyl (C=O) groups is 1. The van der Waals surface area contributed by atoms with E-state index >= 15 is 0 Å². The third kappa shape index (κ3) is 3.86. The molecule has 2 aromatic heterocycles. The molecule has 0 atom stereocenters. The number of benzene rings is 2. The zero-order chi connectivity index (χ0) is 21.4. The number of hydrogen-bond acceptors (Lipinski definition) is 7. The van der Waals surface area contributed by atoms with Crippen molar-refractivity contribution in [1.82, 2.24) is 14.6 Å². The number of thiazole rings is 1. The van der Waals surface area contributed by atoms with Crippen LogP contribution in [0.4, 0.5) is 0 Å². The first-order chi connectivity index (χ1) is 14.4. The summed E-state index contributed by atoms with van der Waals surface area (Å²) in [5.41, 5.74) is 2.45. The largest absolute Gasteiger partial charge is 0.493 e. The Morgan fingerprint density at radius 3 is 2.60 bits per heavy atom. The zero-order valence-electron chi connectivity index (χ0n) is 16.3. The van der Waals surface area contributed by atoms with Crippen molar-refractivity contribution in [3.8, 4) is 22.9 Å². The summed E-state index contributed by atoms with van der Waals surface area (Å²) in [6.45, 7) is 3.32. The summed E-state index contributed by atoms with van der Waals surface area (Å²) < 4.78 is 12.8. The zero-order valence-corrected chi connectivity index (χ0v) is 18.7. The monoisotopic (exact) mass is 485 g/mol. The Hall–Kier alpha value is -3.04. The topological polar surface area (TPSA) is 82.8 Å². The van der Waals surface area contributed by atoms with Gasteiger partial charge in [0, 0.05) is 12.5 Å². The van der Waals surface area contributed by atoms with Gasteiger partial charge in [0.15, 0.2) is 17.3 Å². The maximum Gasteiger partial charge on any atom is 0.308 e. The minimum Gasteiger partial charge on any atom is -0.493 e. The first-order valence-electron chi connectivity index (χ1n) is 8.90. The number of halogens is 1. The Labute approximate surface area is 183 Å².